The summed E-state index contributed by atoms with van der Waals surface area (Å²) in [5, 5.41) is 8.25. The molecular weight excluding hydrogens is 309 g/mol. The Morgan fingerprint density at radius 2 is 1.75 bits per heavy atom. The maximum atomic E-state index is 12.8. The van der Waals surface area contributed by atoms with Crippen molar-refractivity contribution in [1.29, 1.82) is 0 Å². The molecule has 6 heteroatoms. The highest BCUT2D eigenvalue weighted by atomic mass is 19.1. The van der Waals surface area contributed by atoms with Gasteiger partial charge < -0.3 is 16.0 Å². The Bertz CT molecular complexity index is 518. The Morgan fingerprint density at radius 3 is 2.33 bits per heavy atom. The van der Waals surface area contributed by atoms with Crippen LogP contribution in [0.5, 0.6) is 0 Å². The summed E-state index contributed by atoms with van der Waals surface area (Å²) in [5.74, 6) is 0.0422. The van der Waals surface area contributed by atoms with Gasteiger partial charge in [-0.15, -0.1) is 0 Å². The van der Waals surface area contributed by atoms with Gasteiger partial charge in [0.05, 0.1) is 0 Å². The van der Waals surface area contributed by atoms with Crippen molar-refractivity contribution < 1.29 is 14.0 Å². The van der Waals surface area contributed by atoms with E-state index in [0.717, 1.165) is 18.4 Å². The highest BCUT2D eigenvalue weighted by Crippen LogP contribution is 2.03. The molecule has 0 bridgehead atoms. The number of halogens is 1. The third kappa shape index (κ3) is 7.94. The van der Waals surface area contributed by atoms with Gasteiger partial charge in [0.2, 0.25) is 5.91 Å². The zero-order valence-corrected chi connectivity index (χ0v) is 14.7. The molecule has 0 aromatic heterocycles. The predicted molar refractivity (Wildman–Crippen MR) is 92.9 cm³/mol. The summed E-state index contributed by atoms with van der Waals surface area (Å²) in [6.07, 6.45) is 2.28. The largest absolute Gasteiger partial charge is 0.354 e. The number of carbonyl (C=O) groups excluding carboxylic acids is 2. The normalized spacial score (nSPS) is 11.9. The van der Waals surface area contributed by atoms with Crippen molar-refractivity contribution in [2.75, 3.05) is 6.54 Å². The van der Waals surface area contributed by atoms with Crippen molar-refractivity contribution in [3.63, 3.8) is 0 Å². The van der Waals surface area contributed by atoms with E-state index in [4.69, 9.17) is 0 Å². The minimum atomic E-state index is -0.546. The van der Waals surface area contributed by atoms with Crippen LogP contribution in [0.3, 0.4) is 0 Å². The second-order valence-electron chi connectivity index (χ2n) is 6.27. The topological polar surface area (TPSA) is 70.2 Å². The van der Waals surface area contributed by atoms with E-state index in [9.17, 15) is 14.0 Å². The zero-order chi connectivity index (χ0) is 17.9. The summed E-state index contributed by atoms with van der Waals surface area (Å²) in [5.41, 5.74) is 0.792. The predicted octanol–water partition coefficient (Wildman–Crippen LogP) is 2.96. The van der Waals surface area contributed by atoms with Crippen LogP contribution in [0.15, 0.2) is 24.3 Å². The van der Waals surface area contributed by atoms with Crippen LogP contribution in [0.25, 0.3) is 0 Å². The van der Waals surface area contributed by atoms with Crippen molar-refractivity contribution in [2.45, 2.75) is 52.6 Å². The van der Waals surface area contributed by atoms with Gasteiger partial charge in [0, 0.05) is 13.1 Å². The Kier molecular flexibility index (Phi) is 8.83. The van der Waals surface area contributed by atoms with Crippen LogP contribution >= 0.6 is 0 Å². The smallest absolute Gasteiger partial charge is 0.315 e. The molecule has 1 atom stereocenters. The highest BCUT2D eigenvalue weighted by Gasteiger charge is 2.19. The maximum Gasteiger partial charge on any atom is 0.315 e. The third-order valence-corrected chi connectivity index (χ3v) is 3.59. The minimum absolute atomic E-state index is 0.158. The van der Waals surface area contributed by atoms with Gasteiger partial charge in [0.25, 0.3) is 0 Å². The highest BCUT2D eigenvalue weighted by molar-refractivity contribution is 5.86. The van der Waals surface area contributed by atoms with Gasteiger partial charge in [0.15, 0.2) is 0 Å². The Morgan fingerprint density at radius 1 is 1.08 bits per heavy atom. The maximum absolute atomic E-state index is 12.8. The van der Waals surface area contributed by atoms with Crippen LogP contribution in [-0.4, -0.2) is 24.5 Å². The standard InChI is InChI=1S/C18H28FN3O2/c1-4-5-16(17(23)20-11-10-13(2)3)22-18(24)21-12-14-6-8-15(19)9-7-14/h6-9,13,16H,4-5,10-12H2,1-3H3,(H,20,23)(H2,21,22,24)/t16-/m0/s1. The van der Waals surface area contributed by atoms with Gasteiger partial charge in [-0.25, -0.2) is 9.18 Å². The van der Waals surface area contributed by atoms with Gasteiger partial charge in [-0.05, 0) is 36.5 Å². The molecule has 0 unspecified atom stereocenters. The SMILES string of the molecule is CCC[C@H](NC(=O)NCc1ccc(F)cc1)C(=O)NCCC(C)C. The average molecular weight is 337 g/mol. The summed E-state index contributed by atoms with van der Waals surface area (Å²) in [7, 11) is 0. The molecule has 0 aliphatic carbocycles. The van der Waals surface area contributed by atoms with E-state index in [1.807, 2.05) is 6.92 Å². The first-order chi connectivity index (χ1) is 11.4. The molecule has 0 heterocycles. The molecule has 0 radical (unpaired) electrons. The molecule has 0 spiro atoms. The molecule has 3 amide bonds. The number of carbonyl (C=O) groups is 2. The van der Waals surface area contributed by atoms with Gasteiger partial charge in [-0.2, -0.15) is 0 Å². The number of hydrogen-bond donors (Lipinski definition) is 3. The summed E-state index contributed by atoms with van der Waals surface area (Å²) in [6, 6.07) is 4.95. The van der Waals surface area contributed by atoms with Gasteiger partial charge in [0.1, 0.15) is 11.9 Å². The Balaban J connectivity index is 2.43. The molecule has 24 heavy (non-hydrogen) atoms. The van der Waals surface area contributed by atoms with Crippen LogP contribution in [0.1, 0.15) is 45.6 Å². The molecule has 1 rings (SSSR count). The lowest BCUT2D eigenvalue weighted by Crippen LogP contribution is -2.50. The molecule has 0 fully saturated rings. The third-order valence-electron chi connectivity index (χ3n) is 3.59. The van der Waals surface area contributed by atoms with Gasteiger partial charge in [-0.1, -0.05) is 39.3 Å². The second-order valence-corrected chi connectivity index (χ2v) is 6.27. The zero-order valence-electron chi connectivity index (χ0n) is 14.7. The number of amides is 3. The average Bonchev–Trinajstić information content (AvgIpc) is 2.53. The first-order valence-corrected chi connectivity index (χ1v) is 8.48. The molecule has 1 aromatic rings. The summed E-state index contributed by atoms with van der Waals surface area (Å²) in [4.78, 5) is 24.1. The lowest BCUT2D eigenvalue weighted by atomic mass is 10.1. The number of rotatable bonds is 9. The fraction of sp³-hybridized carbons (Fsp3) is 0.556. The van der Waals surface area contributed by atoms with E-state index in [2.05, 4.69) is 29.8 Å². The lowest BCUT2D eigenvalue weighted by Gasteiger charge is -2.18. The van der Waals surface area contributed by atoms with E-state index in [-0.39, 0.29) is 18.3 Å². The van der Waals surface area contributed by atoms with E-state index in [1.54, 1.807) is 12.1 Å². The van der Waals surface area contributed by atoms with Crippen molar-refractivity contribution in [3.05, 3.63) is 35.6 Å². The molecule has 5 nitrogen and oxygen atoms in total. The Labute approximate surface area is 143 Å². The monoisotopic (exact) mass is 337 g/mol. The molecular formula is C18H28FN3O2. The molecule has 3 N–H and O–H groups in total. The fourth-order valence-electron chi connectivity index (χ4n) is 2.16. The van der Waals surface area contributed by atoms with Crippen LogP contribution in [0.2, 0.25) is 0 Å². The summed E-state index contributed by atoms with van der Waals surface area (Å²) < 4.78 is 12.8. The summed E-state index contributed by atoms with van der Waals surface area (Å²) >= 11 is 0. The van der Waals surface area contributed by atoms with Crippen molar-refractivity contribution in [1.82, 2.24) is 16.0 Å². The van der Waals surface area contributed by atoms with E-state index in [0.29, 0.717) is 18.9 Å². The number of hydrogen-bond acceptors (Lipinski definition) is 2. The molecule has 0 aliphatic heterocycles. The van der Waals surface area contributed by atoms with E-state index in [1.165, 1.54) is 12.1 Å². The first-order valence-electron chi connectivity index (χ1n) is 8.48. The van der Waals surface area contributed by atoms with Crippen LogP contribution < -0.4 is 16.0 Å². The number of benzene rings is 1. The summed E-state index contributed by atoms with van der Waals surface area (Å²) in [6.45, 7) is 7.04. The number of urea groups is 1. The Hall–Kier alpha value is -2.11. The van der Waals surface area contributed by atoms with Crippen molar-refractivity contribution in [3.8, 4) is 0 Å². The minimum Gasteiger partial charge on any atom is -0.354 e. The van der Waals surface area contributed by atoms with Crippen LogP contribution in [-0.2, 0) is 11.3 Å². The van der Waals surface area contributed by atoms with Gasteiger partial charge in [-0.3, -0.25) is 4.79 Å². The van der Waals surface area contributed by atoms with Gasteiger partial charge >= 0.3 is 6.03 Å². The van der Waals surface area contributed by atoms with Crippen molar-refractivity contribution in [2.24, 2.45) is 5.92 Å². The molecule has 0 saturated carbocycles. The molecule has 134 valence electrons. The molecule has 0 aliphatic rings. The quantitative estimate of drug-likeness (QED) is 0.648. The van der Waals surface area contributed by atoms with E-state index >= 15 is 0 Å². The molecule has 1 aromatic carbocycles. The number of nitrogens with one attached hydrogen (secondary N) is 3. The van der Waals surface area contributed by atoms with Crippen LogP contribution in [0, 0.1) is 11.7 Å². The first kappa shape index (κ1) is 19.9. The van der Waals surface area contributed by atoms with Crippen LogP contribution in [0.4, 0.5) is 9.18 Å². The fourth-order valence-corrected chi connectivity index (χ4v) is 2.16. The molecule has 0 saturated heterocycles. The second kappa shape index (κ2) is 10.6. The van der Waals surface area contributed by atoms with E-state index < -0.39 is 12.1 Å². The lowest BCUT2D eigenvalue weighted by molar-refractivity contribution is -0.123. The van der Waals surface area contributed by atoms with Crippen molar-refractivity contribution >= 4 is 11.9 Å².